The number of aliphatic hydroxyl groups is 1. The van der Waals surface area contributed by atoms with E-state index in [1.807, 2.05) is 19.1 Å². The number of rotatable bonds is 4. The summed E-state index contributed by atoms with van der Waals surface area (Å²) in [7, 11) is -3.70. The van der Waals surface area contributed by atoms with E-state index in [1.165, 1.54) is 0 Å². The van der Waals surface area contributed by atoms with E-state index in [2.05, 4.69) is 4.72 Å². The van der Waals surface area contributed by atoms with Gasteiger partial charge in [0.15, 0.2) is 0 Å². The highest BCUT2D eigenvalue weighted by molar-refractivity contribution is 7.89. The fourth-order valence-corrected chi connectivity index (χ4v) is 4.33. The van der Waals surface area contributed by atoms with Gasteiger partial charge < -0.3 is 9.84 Å². The molecule has 1 aliphatic heterocycles. The summed E-state index contributed by atoms with van der Waals surface area (Å²) in [6, 6.07) is 12.5. The first-order chi connectivity index (χ1) is 11.3. The van der Waals surface area contributed by atoms with Crippen molar-refractivity contribution in [2.45, 2.75) is 30.8 Å². The fourth-order valence-electron chi connectivity index (χ4n) is 2.91. The predicted molar refractivity (Wildman–Crippen MR) is 91.6 cm³/mol. The number of benzene rings is 2. The molecular formula is C18H21NO4S. The number of aryl methyl sites for hydroxylation is 2. The molecule has 5 nitrogen and oxygen atoms in total. The van der Waals surface area contributed by atoms with Crippen LogP contribution in [0.4, 0.5) is 0 Å². The third kappa shape index (κ3) is 3.17. The molecule has 1 aliphatic rings. The fraction of sp³-hybridized carbons (Fsp3) is 0.333. The quantitative estimate of drug-likeness (QED) is 0.889. The summed E-state index contributed by atoms with van der Waals surface area (Å²) in [6.07, 6.45) is 0.333. The molecule has 1 atom stereocenters. The normalized spacial score (nSPS) is 20.3. The Balaban J connectivity index is 1.86. The van der Waals surface area contributed by atoms with Crippen LogP contribution in [0.15, 0.2) is 47.4 Å². The van der Waals surface area contributed by atoms with Crippen molar-refractivity contribution in [3.8, 4) is 5.75 Å². The van der Waals surface area contributed by atoms with Gasteiger partial charge in [0.1, 0.15) is 11.4 Å². The first kappa shape index (κ1) is 17.0. The van der Waals surface area contributed by atoms with Gasteiger partial charge in [0, 0.05) is 18.5 Å². The number of hydrogen-bond donors (Lipinski definition) is 2. The van der Waals surface area contributed by atoms with E-state index in [1.54, 1.807) is 37.3 Å². The van der Waals surface area contributed by atoms with E-state index in [-0.39, 0.29) is 11.4 Å². The summed E-state index contributed by atoms with van der Waals surface area (Å²) >= 11 is 0. The molecule has 3 rings (SSSR count). The van der Waals surface area contributed by atoms with Crippen LogP contribution in [0, 0.1) is 13.8 Å². The van der Waals surface area contributed by atoms with Gasteiger partial charge in [-0.15, -0.1) is 0 Å². The summed E-state index contributed by atoms with van der Waals surface area (Å²) in [5.41, 5.74) is 0.878. The van der Waals surface area contributed by atoms with Crippen molar-refractivity contribution in [2.75, 3.05) is 13.2 Å². The molecule has 0 spiro atoms. The zero-order chi connectivity index (χ0) is 17.4. The molecule has 0 unspecified atom stereocenters. The van der Waals surface area contributed by atoms with Gasteiger partial charge in [-0.25, -0.2) is 13.1 Å². The Morgan fingerprint density at radius 2 is 1.96 bits per heavy atom. The lowest BCUT2D eigenvalue weighted by atomic mass is 9.88. The molecule has 2 aromatic carbocycles. The first-order valence-electron chi connectivity index (χ1n) is 7.83. The minimum atomic E-state index is -3.70. The molecule has 24 heavy (non-hydrogen) atoms. The van der Waals surface area contributed by atoms with Gasteiger partial charge in [0.2, 0.25) is 10.0 Å². The lowest BCUT2D eigenvalue weighted by Gasteiger charge is -2.34. The Kier molecular flexibility index (Phi) is 4.38. The van der Waals surface area contributed by atoms with Gasteiger partial charge in [-0.1, -0.05) is 30.3 Å². The Bertz CT molecular complexity index is 863. The standard InChI is InChI=1S/C18H21NO4S/c1-13-7-8-14(2)17(11-13)24(21,22)19-12-18(20)9-10-23-16-6-4-3-5-15(16)18/h3-8,11,19-20H,9-10,12H2,1-2H3/t18-/m1/s1. The van der Waals surface area contributed by atoms with Crippen LogP contribution in [0.1, 0.15) is 23.1 Å². The van der Waals surface area contributed by atoms with E-state index >= 15 is 0 Å². The van der Waals surface area contributed by atoms with Crippen LogP contribution in [0.5, 0.6) is 5.75 Å². The molecule has 0 amide bonds. The second-order valence-corrected chi connectivity index (χ2v) is 7.96. The van der Waals surface area contributed by atoms with Crippen molar-refractivity contribution in [3.63, 3.8) is 0 Å². The van der Waals surface area contributed by atoms with Crippen LogP contribution in [0.3, 0.4) is 0 Å². The highest BCUT2D eigenvalue weighted by Crippen LogP contribution is 2.36. The highest BCUT2D eigenvalue weighted by Gasteiger charge is 2.36. The Morgan fingerprint density at radius 1 is 1.21 bits per heavy atom. The minimum absolute atomic E-state index is 0.0942. The Morgan fingerprint density at radius 3 is 2.75 bits per heavy atom. The molecule has 0 saturated heterocycles. The van der Waals surface area contributed by atoms with Gasteiger partial charge in [-0.3, -0.25) is 0 Å². The zero-order valence-electron chi connectivity index (χ0n) is 13.7. The predicted octanol–water partition coefficient (Wildman–Crippen LogP) is 2.25. The number of fused-ring (bicyclic) bond motifs is 1. The van der Waals surface area contributed by atoms with E-state index < -0.39 is 15.6 Å². The minimum Gasteiger partial charge on any atom is -0.493 e. The molecule has 0 aromatic heterocycles. The van der Waals surface area contributed by atoms with Gasteiger partial charge in [0.05, 0.1) is 11.5 Å². The number of sulfonamides is 1. The molecule has 6 heteroatoms. The van der Waals surface area contributed by atoms with Gasteiger partial charge >= 0.3 is 0 Å². The Labute approximate surface area is 142 Å². The van der Waals surface area contributed by atoms with Crippen LogP contribution in [-0.2, 0) is 15.6 Å². The van der Waals surface area contributed by atoms with Crippen molar-refractivity contribution in [1.82, 2.24) is 4.72 Å². The molecule has 128 valence electrons. The summed E-state index contributed by atoms with van der Waals surface area (Å²) < 4.78 is 33.4. The maximum Gasteiger partial charge on any atom is 0.240 e. The van der Waals surface area contributed by atoms with Crippen molar-refractivity contribution < 1.29 is 18.3 Å². The number of para-hydroxylation sites is 1. The summed E-state index contributed by atoms with van der Waals surface area (Å²) in [4.78, 5) is 0.242. The van der Waals surface area contributed by atoms with Gasteiger partial charge in [-0.05, 0) is 37.1 Å². The third-order valence-electron chi connectivity index (χ3n) is 4.35. The summed E-state index contributed by atoms with van der Waals surface area (Å²) in [6.45, 7) is 3.86. The third-order valence-corrected chi connectivity index (χ3v) is 5.89. The van der Waals surface area contributed by atoms with E-state index in [4.69, 9.17) is 4.74 Å². The van der Waals surface area contributed by atoms with Crippen LogP contribution in [-0.4, -0.2) is 26.7 Å². The van der Waals surface area contributed by atoms with Crippen molar-refractivity contribution in [1.29, 1.82) is 0 Å². The molecule has 2 N–H and O–H groups in total. The molecule has 0 bridgehead atoms. The van der Waals surface area contributed by atoms with Crippen molar-refractivity contribution >= 4 is 10.0 Å². The lowest BCUT2D eigenvalue weighted by Crippen LogP contribution is -2.44. The molecular weight excluding hydrogens is 326 g/mol. The average Bonchev–Trinajstić information content (AvgIpc) is 2.56. The largest absolute Gasteiger partial charge is 0.493 e. The van der Waals surface area contributed by atoms with Crippen molar-refractivity contribution in [3.05, 3.63) is 59.2 Å². The molecule has 2 aromatic rings. The Hall–Kier alpha value is -1.89. The average molecular weight is 347 g/mol. The second-order valence-electron chi connectivity index (χ2n) is 6.22. The second kappa shape index (κ2) is 6.20. The highest BCUT2D eigenvalue weighted by atomic mass is 32.2. The van der Waals surface area contributed by atoms with E-state index in [0.717, 1.165) is 5.56 Å². The van der Waals surface area contributed by atoms with Crippen LogP contribution < -0.4 is 9.46 Å². The maximum atomic E-state index is 12.6. The summed E-state index contributed by atoms with van der Waals surface area (Å²) in [5, 5.41) is 11.0. The van der Waals surface area contributed by atoms with Gasteiger partial charge in [-0.2, -0.15) is 0 Å². The number of hydrogen-bond acceptors (Lipinski definition) is 4. The van der Waals surface area contributed by atoms with Gasteiger partial charge in [0.25, 0.3) is 0 Å². The maximum absolute atomic E-state index is 12.6. The summed E-state index contributed by atoms with van der Waals surface area (Å²) in [5.74, 6) is 0.595. The first-order valence-corrected chi connectivity index (χ1v) is 9.32. The molecule has 0 saturated carbocycles. The van der Waals surface area contributed by atoms with Crippen LogP contribution in [0.2, 0.25) is 0 Å². The van der Waals surface area contributed by atoms with E-state index in [9.17, 15) is 13.5 Å². The molecule has 0 radical (unpaired) electrons. The van der Waals surface area contributed by atoms with Crippen LogP contribution in [0.25, 0.3) is 0 Å². The number of ether oxygens (including phenoxy) is 1. The zero-order valence-corrected chi connectivity index (χ0v) is 14.6. The topological polar surface area (TPSA) is 75.6 Å². The molecule has 0 fully saturated rings. The lowest BCUT2D eigenvalue weighted by molar-refractivity contribution is 0.00219. The monoisotopic (exact) mass is 347 g/mol. The number of nitrogens with one attached hydrogen (secondary N) is 1. The van der Waals surface area contributed by atoms with E-state index in [0.29, 0.717) is 29.9 Å². The molecule has 1 heterocycles. The SMILES string of the molecule is Cc1ccc(C)c(S(=O)(=O)NC[C@]2(O)CCOc3ccccc32)c1. The smallest absolute Gasteiger partial charge is 0.240 e. The molecule has 0 aliphatic carbocycles. The van der Waals surface area contributed by atoms with Crippen LogP contribution >= 0.6 is 0 Å². The van der Waals surface area contributed by atoms with Crippen molar-refractivity contribution in [2.24, 2.45) is 0 Å².